The van der Waals surface area contributed by atoms with E-state index in [2.05, 4.69) is 50.2 Å². The van der Waals surface area contributed by atoms with E-state index in [1.165, 1.54) is 5.56 Å². The number of fused-ring (bicyclic) bond motifs is 1. The van der Waals surface area contributed by atoms with Gasteiger partial charge in [0.1, 0.15) is 16.8 Å². The van der Waals surface area contributed by atoms with Crippen LogP contribution in [0.1, 0.15) is 36.6 Å². The molecule has 10 heteroatoms. The maximum atomic E-state index is 6.00. The van der Waals surface area contributed by atoms with Crippen LogP contribution in [0.4, 0.5) is 11.8 Å². The number of anilines is 2. The van der Waals surface area contributed by atoms with Crippen LogP contribution in [0.15, 0.2) is 18.2 Å². The Morgan fingerprint density at radius 1 is 1.06 bits per heavy atom. The Labute approximate surface area is 213 Å². The van der Waals surface area contributed by atoms with Crippen molar-refractivity contribution < 1.29 is 9.47 Å². The molecule has 0 amide bonds. The molecule has 0 radical (unpaired) electrons. The molecule has 1 saturated heterocycles. The van der Waals surface area contributed by atoms with E-state index < -0.39 is 0 Å². The van der Waals surface area contributed by atoms with Crippen LogP contribution < -0.4 is 15.8 Å². The number of rotatable bonds is 12. The predicted molar refractivity (Wildman–Crippen MR) is 144 cm³/mol. The fourth-order valence-corrected chi connectivity index (χ4v) is 4.70. The average Bonchev–Trinajstić information content (AvgIpc) is 3.19. The van der Waals surface area contributed by atoms with Gasteiger partial charge >= 0.3 is 0 Å². The summed E-state index contributed by atoms with van der Waals surface area (Å²) in [6.45, 7) is 12.5. The van der Waals surface area contributed by atoms with Crippen molar-refractivity contribution in [2.75, 3.05) is 71.1 Å². The Kier molecular flexibility index (Phi) is 8.95. The van der Waals surface area contributed by atoms with E-state index in [1.54, 1.807) is 14.2 Å². The second-order valence-electron chi connectivity index (χ2n) is 9.41. The van der Waals surface area contributed by atoms with Gasteiger partial charge < -0.3 is 20.5 Å². The number of ether oxygens (including phenoxy) is 2. The number of nitrogens with two attached hydrogens (primary N) is 1. The van der Waals surface area contributed by atoms with Gasteiger partial charge in [0.15, 0.2) is 5.82 Å². The van der Waals surface area contributed by atoms with E-state index in [9.17, 15) is 0 Å². The second-order valence-corrected chi connectivity index (χ2v) is 9.41. The SMILES string of the molecule is CCCCNc1nc(N)nc2c(C)nn(Cc3ccc(CN4CCN(CCOC)CC4)cc3OC)c12. The van der Waals surface area contributed by atoms with Crippen LogP contribution in [0.25, 0.3) is 11.0 Å². The molecular weight excluding hydrogens is 456 g/mol. The standard InChI is InChI=1S/C26H40N8O2/c1-5-6-9-28-25-24-23(29-26(27)30-25)19(2)31-34(24)18-21-8-7-20(16-22(21)36-4)17-33-12-10-32(11-13-33)14-15-35-3/h7-8,16H,5-6,9-15,17-18H2,1-4H3,(H3,27,28,29,30). The van der Waals surface area contributed by atoms with Crippen molar-refractivity contribution in [3.8, 4) is 5.75 Å². The summed E-state index contributed by atoms with van der Waals surface area (Å²) in [7, 11) is 3.49. The van der Waals surface area contributed by atoms with Crippen LogP contribution in [0.5, 0.6) is 5.75 Å². The van der Waals surface area contributed by atoms with Crippen LogP contribution in [0, 0.1) is 6.92 Å². The van der Waals surface area contributed by atoms with E-state index in [-0.39, 0.29) is 5.95 Å². The first-order valence-electron chi connectivity index (χ1n) is 12.9. The van der Waals surface area contributed by atoms with Crippen molar-refractivity contribution >= 4 is 22.8 Å². The van der Waals surface area contributed by atoms with E-state index in [0.29, 0.717) is 6.54 Å². The molecule has 0 atom stereocenters. The van der Waals surface area contributed by atoms with Gasteiger partial charge in [-0.05, 0) is 25.0 Å². The number of hydrogen-bond donors (Lipinski definition) is 2. The topological polar surface area (TPSA) is 107 Å². The zero-order valence-corrected chi connectivity index (χ0v) is 22.1. The van der Waals surface area contributed by atoms with Gasteiger partial charge in [0.2, 0.25) is 5.95 Å². The number of hydrogen-bond acceptors (Lipinski definition) is 9. The van der Waals surface area contributed by atoms with Gasteiger partial charge in [0.25, 0.3) is 0 Å². The smallest absolute Gasteiger partial charge is 0.222 e. The number of nitrogens with zero attached hydrogens (tertiary/aromatic N) is 6. The van der Waals surface area contributed by atoms with Crippen molar-refractivity contribution in [3.05, 3.63) is 35.0 Å². The fourth-order valence-electron chi connectivity index (χ4n) is 4.70. The molecule has 0 unspecified atom stereocenters. The average molecular weight is 497 g/mol. The highest BCUT2D eigenvalue weighted by Gasteiger charge is 2.19. The second kappa shape index (κ2) is 12.3. The van der Waals surface area contributed by atoms with Crippen LogP contribution in [0.3, 0.4) is 0 Å². The first-order chi connectivity index (χ1) is 17.5. The predicted octanol–water partition coefficient (Wildman–Crippen LogP) is 2.75. The number of aryl methyl sites for hydroxylation is 1. The molecule has 36 heavy (non-hydrogen) atoms. The molecule has 1 aliphatic heterocycles. The number of nitrogen functional groups attached to an aromatic ring is 1. The molecule has 3 aromatic rings. The molecule has 3 heterocycles. The van der Waals surface area contributed by atoms with E-state index in [1.807, 2.05) is 11.6 Å². The molecule has 0 bridgehead atoms. The lowest BCUT2D eigenvalue weighted by Gasteiger charge is -2.34. The molecule has 1 fully saturated rings. The largest absolute Gasteiger partial charge is 0.496 e. The fraction of sp³-hybridized carbons (Fsp3) is 0.577. The van der Waals surface area contributed by atoms with Gasteiger partial charge in [-0.15, -0.1) is 0 Å². The maximum absolute atomic E-state index is 6.00. The van der Waals surface area contributed by atoms with Crippen LogP contribution >= 0.6 is 0 Å². The Balaban J connectivity index is 1.50. The van der Waals surface area contributed by atoms with Crippen molar-refractivity contribution in [1.29, 1.82) is 0 Å². The summed E-state index contributed by atoms with van der Waals surface area (Å²) < 4.78 is 13.0. The zero-order valence-electron chi connectivity index (χ0n) is 22.1. The first kappa shape index (κ1) is 26.1. The third-order valence-corrected chi connectivity index (χ3v) is 6.75. The minimum atomic E-state index is 0.255. The number of methoxy groups -OCH3 is 2. The number of aromatic nitrogens is 4. The number of unbranched alkanes of at least 4 members (excludes halogenated alkanes) is 1. The molecule has 0 aliphatic carbocycles. The lowest BCUT2D eigenvalue weighted by Crippen LogP contribution is -2.46. The Morgan fingerprint density at radius 3 is 2.56 bits per heavy atom. The van der Waals surface area contributed by atoms with Gasteiger partial charge in [0.05, 0.1) is 26.0 Å². The van der Waals surface area contributed by atoms with Crippen molar-refractivity contribution in [2.45, 2.75) is 39.8 Å². The number of nitrogens with one attached hydrogen (secondary N) is 1. The van der Waals surface area contributed by atoms with Gasteiger partial charge in [0, 0.05) is 58.5 Å². The molecule has 2 aromatic heterocycles. The summed E-state index contributed by atoms with van der Waals surface area (Å²) in [4.78, 5) is 13.9. The van der Waals surface area contributed by atoms with Crippen molar-refractivity contribution in [2.24, 2.45) is 0 Å². The molecule has 0 saturated carbocycles. The minimum absolute atomic E-state index is 0.255. The van der Waals surface area contributed by atoms with Gasteiger partial charge in [-0.3, -0.25) is 14.5 Å². The zero-order chi connectivity index (χ0) is 25.5. The Bertz CT molecular complexity index is 1140. The van der Waals surface area contributed by atoms with Crippen molar-refractivity contribution in [1.82, 2.24) is 29.5 Å². The maximum Gasteiger partial charge on any atom is 0.222 e. The molecule has 4 rings (SSSR count). The normalized spacial score (nSPS) is 15.0. The molecule has 10 nitrogen and oxygen atoms in total. The Morgan fingerprint density at radius 2 is 1.83 bits per heavy atom. The van der Waals surface area contributed by atoms with Crippen molar-refractivity contribution in [3.63, 3.8) is 0 Å². The van der Waals surface area contributed by atoms with Crippen LogP contribution in [-0.2, 0) is 17.8 Å². The summed E-state index contributed by atoms with van der Waals surface area (Å²) in [5.41, 5.74) is 10.8. The van der Waals surface area contributed by atoms with E-state index in [4.69, 9.17) is 20.3 Å². The van der Waals surface area contributed by atoms with Gasteiger partial charge in [-0.25, -0.2) is 4.98 Å². The lowest BCUT2D eigenvalue weighted by atomic mass is 10.1. The van der Waals surface area contributed by atoms with Gasteiger partial charge in [-0.2, -0.15) is 10.1 Å². The van der Waals surface area contributed by atoms with Crippen LogP contribution in [0.2, 0.25) is 0 Å². The first-order valence-corrected chi connectivity index (χ1v) is 12.9. The highest BCUT2D eigenvalue weighted by molar-refractivity contribution is 5.88. The molecule has 1 aromatic carbocycles. The summed E-state index contributed by atoms with van der Waals surface area (Å²) in [6, 6.07) is 6.50. The summed E-state index contributed by atoms with van der Waals surface area (Å²) >= 11 is 0. The molecule has 3 N–H and O–H groups in total. The van der Waals surface area contributed by atoms with E-state index in [0.717, 1.165) is 99.1 Å². The highest BCUT2D eigenvalue weighted by Crippen LogP contribution is 2.28. The third kappa shape index (κ3) is 6.24. The van der Waals surface area contributed by atoms with E-state index >= 15 is 0 Å². The quantitative estimate of drug-likeness (QED) is 0.366. The summed E-state index contributed by atoms with van der Waals surface area (Å²) in [6.07, 6.45) is 2.15. The molecular formula is C26H40N8O2. The van der Waals surface area contributed by atoms with Crippen LogP contribution in [-0.4, -0.2) is 89.6 Å². The molecule has 196 valence electrons. The minimum Gasteiger partial charge on any atom is -0.496 e. The third-order valence-electron chi connectivity index (χ3n) is 6.75. The number of benzene rings is 1. The highest BCUT2D eigenvalue weighted by atomic mass is 16.5. The summed E-state index contributed by atoms with van der Waals surface area (Å²) in [5.74, 6) is 1.85. The molecule has 0 spiro atoms. The van der Waals surface area contributed by atoms with Gasteiger partial charge in [-0.1, -0.05) is 25.5 Å². The number of piperazine rings is 1. The molecule has 1 aliphatic rings. The Hall–Kier alpha value is -2.95. The monoisotopic (exact) mass is 496 g/mol. The summed E-state index contributed by atoms with van der Waals surface area (Å²) in [5, 5.41) is 8.20. The lowest BCUT2D eigenvalue weighted by molar-refractivity contribution is 0.0938.